The fourth-order valence-electron chi connectivity index (χ4n) is 1.05. The molecule has 1 atom stereocenters. The normalized spacial score (nSPS) is 13.0. The number of hydrogen-bond acceptors (Lipinski definition) is 1. The van der Waals surface area contributed by atoms with Gasteiger partial charge < -0.3 is 5.73 Å². The van der Waals surface area contributed by atoms with Crippen molar-refractivity contribution in [1.29, 1.82) is 0 Å². The quantitative estimate of drug-likeness (QED) is 0.824. The molecule has 0 saturated heterocycles. The van der Waals surface area contributed by atoms with Gasteiger partial charge in [0.15, 0.2) is 0 Å². The molecule has 0 aliphatic rings. The highest BCUT2D eigenvalue weighted by Crippen LogP contribution is 2.20. The molecule has 0 spiro atoms. The predicted molar refractivity (Wildman–Crippen MR) is 64.2 cm³/mol. The lowest BCUT2D eigenvalue weighted by Crippen LogP contribution is -2.18. The Morgan fingerprint density at radius 2 is 2.25 bits per heavy atom. The molecule has 0 aliphatic heterocycles. The molecule has 3 heteroatoms. The zero-order chi connectivity index (χ0) is 9.14. The van der Waals surface area contributed by atoms with Crippen molar-refractivity contribution in [1.82, 2.24) is 0 Å². The van der Waals surface area contributed by atoms with Crippen LogP contribution >= 0.6 is 38.5 Å². The van der Waals surface area contributed by atoms with E-state index in [-0.39, 0.29) is 6.04 Å². The van der Waals surface area contributed by atoms with Crippen LogP contribution in [0.4, 0.5) is 0 Å². The fourth-order valence-corrected chi connectivity index (χ4v) is 2.01. The topological polar surface area (TPSA) is 26.0 Å². The van der Waals surface area contributed by atoms with E-state index in [0.29, 0.717) is 0 Å². The molecule has 0 fully saturated rings. The number of halogens is 2. The first-order valence-corrected chi connectivity index (χ1v) is 5.66. The van der Waals surface area contributed by atoms with Crippen molar-refractivity contribution in [3.8, 4) is 0 Å². The summed E-state index contributed by atoms with van der Waals surface area (Å²) >= 11 is 5.81. The largest absolute Gasteiger partial charge is 0.328 e. The Hall–Kier alpha value is 0.390. The SMILES string of the molecule is C[C@@H](N)Cc1cc(I)ccc1Br. The van der Waals surface area contributed by atoms with Crippen LogP contribution in [0.2, 0.25) is 0 Å². The summed E-state index contributed by atoms with van der Waals surface area (Å²) in [6.45, 7) is 2.02. The maximum Gasteiger partial charge on any atom is 0.0208 e. The van der Waals surface area contributed by atoms with Gasteiger partial charge in [-0.2, -0.15) is 0 Å². The lowest BCUT2D eigenvalue weighted by atomic mass is 10.1. The van der Waals surface area contributed by atoms with Crippen molar-refractivity contribution in [3.05, 3.63) is 31.8 Å². The average molecular weight is 340 g/mol. The van der Waals surface area contributed by atoms with Gasteiger partial charge in [-0.1, -0.05) is 15.9 Å². The van der Waals surface area contributed by atoms with Crippen molar-refractivity contribution < 1.29 is 0 Å². The van der Waals surface area contributed by atoms with E-state index in [9.17, 15) is 0 Å². The summed E-state index contributed by atoms with van der Waals surface area (Å²) in [5.74, 6) is 0. The standard InChI is InChI=1S/C9H11BrIN/c1-6(12)4-7-5-8(11)2-3-9(7)10/h2-3,5-6H,4,12H2,1H3/t6-/m1/s1. The minimum atomic E-state index is 0.222. The summed E-state index contributed by atoms with van der Waals surface area (Å²) < 4.78 is 2.41. The maximum atomic E-state index is 5.72. The van der Waals surface area contributed by atoms with Crippen LogP contribution in [0.1, 0.15) is 12.5 Å². The Kier molecular flexibility index (Phi) is 3.99. The maximum absolute atomic E-state index is 5.72. The van der Waals surface area contributed by atoms with Gasteiger partial charge in [0.25, 0.3) is 0 Å². The third kappa shape index (κ3) is 3.03. The number of nitrogens with two attached hydrogens (primary N) is 1. The summed E-state index contributed by atoms with van der Waals surface area (Å²) in [6.07, 6.45) is 0.928. The lowest BCUT2D eigenvalue weighted by Gasteiger charge is -2.07. The molecule has 0 unspecified atom stereocenters. The Labute approximate surface area is 95.0 Å². The zero-order valence-electron chi connectivity index (χ0n) is 6.85. The van der Waals surface area contributed by atoms with Crippen molar-refractivity contribution in [2.24, 2.45) is 5.73 Å². The molecule has 0 saturated carbocycles. The molecule has 2 N–H and O–H groups in total. The second-order valence-electron chi connectivity index (χ2n) is 2.92. The molecule has 0 heterocycles. The van der Waals surface area contributed by atoms with Crippen LogP contribution in [-0.4, -0.2) is 6.04 Å². The molecular formula is C9H11BrIN. The predicted octanol–water partition coefficient (Wildman–Crippen LogP) is 2.94. The molecule has 0 amide bonds. The van der Waals surface area contributed by atoms with Crippen molar-refractivity contribution in [3.63, 3.8) is 0 Å². The Morgan fingerprint density at radius 1 is 1.58 bits per heavy atom. The zero-order valence-corrected chi connectivity index (χ0v) is 10.6. The minimum absolute atomic E-state index is 0.222. The molecule has 0 bridgehead atoms. The second kappa shape index (κ2) is 4.58. The molecular weight excluding hydrogens is 329 g/mol. The van der Waals surface area contributed by atoms with E-state index in [1.807, 2.05) is 6.92 Å². The van der Waals surface area contributed by atoms with E-state index in [2.05, 4.69) is 56.7 Å². The second-order valence-corrected chi connectivity index (χ2v) is 5.02. The molecule has 1 aromatic carbocycles. The van der Waals surface area contributed by atoms with E-state index in [0.717, 1.165) is 10.9 Å². The molecule has 12 heavy (non-hydrogen) atoms. The Bertz CT molecular complexity index is 273. The van der Waals surface area contributed by atoms with Gasteiger partial charge in [-0.25, -0.2) is 0 Å². The smallest absolute Gasteiger partial charge is 0.0208 e. The van der Waals surface area contributed by atoms with Crippen LogP contribution in [0.5, 0.6) is 0 Å². The van der Waals surface area contributed by atoms with Crippen molar-refractivity contribution >= 4 is 38.5 Å². The number of benzene rings is 1. The molecule has 1 aromatic rings. The van der Waals surface area contributed by atoms with Crippen molar-refractivity contribution in [2.45, 2.75) is 19.4 Å². The van der Waals surface area contributed by atoms with Crippen LogP contribution < -0.4 is 5.73 Å². The van der Waals surface area contributed by atoms with Gasteiger partial charge in [-0.05, 0) is 59.7 Å². The Morgan fingerprint density at radius 3 is 2.83 bits per heavy atom. The van der Waals surface area contributed by atoms with Gasteiger partial charge in [-0.3, -0.25) is 0 Å². The molecule has 66 valence electrons. The summed E-state index contributed by atoms with van der Waals surface area (Å²) in [5.41, 5.74) is 7.01. The highest BCUT2D eigenvalue weighted by Gasteiger charge is 2.02. The first kappa shape index (κ1) is 10.5. The van der Waals surface area contributed by atoms with Crippen molar-refractivity contribution in [2.75, 3.05) is 0 Å². The van der Waals surface area contributed by atoms with E-state index in [1.165, 1.54) is 9.13 Å². The highest BCUT2D eigenvalue weighted by atomic mass is 127. The molecule has 0 aliphatic carbocycles. The van der Waals surface area contributed by atoms with Gasteiger partial charge in [0.1, 0.15) is 0 Å². The molecule has 0 aromatic heterocycles. The van der Waals surface area contributed by atoms with Gasteiger partial charge in [0.05, 0.1) is 0 Å². The van der Waals surface area contributed by atoms with E-state index >= 15 is 0 Å². The van der Waals surface area contributed by atoms with Gasteiger partial charge in [0, 0.05) is 14.1 Å². The van der Waals surface area contributed by atoms with Gasteiger partial charge in [0.2, 0.25) is 0 Å². The lowest BCUT2D eigenvalue weighted by molar-refractivity contribution is 0.735. The summed E-state index contributed by atoms with van der Waals surface area (Å²) in [6, 6.07) is 6.53. The first-order chi connectivity index (χ1) is 5.59. The van der Waals surface area contributed by atoms with E-state index < -0.39 is 0 Å². The molecule has 1 nitrogen and oxygen atoms in total. The highest BCUT2D eigenvalue weighted by molar-refractivity contribution is 14.1. The number of hydrogen-bond donors (Lipinski definition) is 1. The first-order valence-electron chi connectivity index (χ1n) is 3.79. The number of rotatable bonds is 2. The fraction of sp³-hybridized carbons (Fsp3) is 0.333. The van der Waals surface area contributed by atoms with E-state index in [4.69, 9.17) is 5.73 Å². The average Bonchev–Trinajstić information content (AvgIpc) is 1.96. The van der Waals surface area contributed by atoms with Crippen LogP contribution in [0.15, 0.2) is 22.7 Å². The summed E-state index contributed by atoms with van der Waals surface area (Å²) in [4.78, 5) is 0. The van der Waals surface area contributed by atoms with E-state index in [1.54, 1.807) is 0 Å². The Balaban J connectivity index is 2.90. The van der Waals surface area contributed by atoms with Crippen LogP contribution in [0, 0.1) is 3.57 Å². The molecule has 1 rings (SSSR count). The third-order valence-corrected chi connectivity index (χ3v) is 2.99. The molecule has 0 radical (unpaired) electrons. The monoisotopic (exact) mass is 339 g/mol. The minimum Gasteiger partial charge on any atom is -0.328 e. The van der Waals surface area contributed by atoms with Gasteiger partial charge >= 0.3 is 0 Å². The summed E-state index contributed by atoms with van der Waals surface area (Å²) in [5, 5.41) is 0. The van der Waals surface area contributed by atoms with Gasteiger partial charge in [-0.15, -0.1) is 0 Å². The van der Waals surface area contributed by atoms with Crippen LogP contribution in [-0.2, 0) is 6.42 Å². The summed E-state index contributed by atoms with van der Waals surface area (Å²) in [7, 11) is 0. The van der Waals surface area contributed by atoms with Crippen LogP contribution in [0.3, 0.4) is 0 Å². The van der Waals surface area contributed by atoms with Crippen LogP contribution in [0.25, 0.3) is 0 Å². The third-order valence-electron chi connectivity index (χ3n) is 1.55.